The number of piperidine rings is 1. The second-order valence-corrected chi connectivity index (χ2v) is 7.57. The maximum absolute atomic E-state index is 12.4. The minimum Gasteiger partial charge on any atom is -0.343 e. The van der Waals surface area contributed by atoms with Crippen LogP contribution in [0, 0.1) is 5.92 Å². The van der Waals surface area contributed by atoms with Gasteiger partial charge in [-0.1, -0.05) is 49.3 Å². The zero-order chi connectivity index (χ0) is 18.4. The van der Waals surface area contributed by atoms with E-state index in [1.807, 2.05) is 11.0 Å². The highest BCUT2D eigenvalue weighted by molar-refractivity contribution is 5.76. The van der Waals surface area contributed by atoms with Gasteiger partial charge in [0.1, 0.15) is 0 Å². The lowest BCUT2D eigenvalue weighted by molar-refractivity contribution is -0.132. The summed E-state index contributed by atoms with van der Waals surface area (Å²) in [6.45, 7) is 5.83. The van der Waals surface area contributed by atoms with Crippen LogP contribution >= 0.6 is 0 Å². The largest absolute Gasteiger partial charge is 0.343 e. The van der Waals surface area contributed by atoms with Gasteiger partial charge in [0.05, 0.1) is 0 Å². The summed E-state index contributed by atoms with van der Waals surface area (Å²) in [4.78, 5) is 18.9. The number of nitrogens with zero attached hydrogens (tertiary/aromatic N) is 3. The van der Waals surface area contributed by atoms with Gasteiger partial charge in [0, 0.05) is 31.8 Å². The molecule has 2 aromatic rings. The van der Waals surface area contributed by atoms with E-state index in [9.17, 15) is 4.79 Å². The van der Waals surface area contributed by atoms with Gasteiger partial charge in [-0.2, -0.15) is 4.98 Å². The molecule has 140 valence electrons. The average molecular weight is 355 g/mol. The Hall–Kier alpha value is -2.17. The number of hydrogen-bond acceptors (Lipinski definition) is 4. The van der Waals surface area contributed by atoms with Gasteiger partial charge in [0.2, 0.25) is 11.8 Å². The smallest absolute Gasteiger partial charge is 0.226 e. The number of benzene rings is 1. The fraction of sp³-hybridized carbons (Fsp3) is 0.571. The van der Waals surface area contributed by atoms with E-state index >= 15 is 0 Å². The van der Waals surface area contributed by atoms with Crippen molar-refractivity contribution < 1.29 is 9.32 Å². The Morgan fingerprint density at radius 3 is 2.62 bits per heavy atom. The van der Waals surface area contributed by atoms with Crippen molar-refractivity contribution in [3.05, 3.63) is 47.6 Å². The lowest BCUT2D eigenvalue weighted by Gasteiger charge is -2.31. The molecule has 26 heavy (non-hydrogen) atoms. The molecular formula is C21H29N3O2. The van der Waals surface area contributed by atoms with Crippen molar-refractivity contribution in [3.63, 3.8) is 0 Å². The number of likely N-dealkylation sites (tertiary alicyclic amines) is 1. The zero-order valence-electron chi connectivity index (χ0n) is 15.9. The summed E-state index contributed by atoms with van der Waals surface area (Å²) in [7, 11) is 0. The van der Waals surface area contributed by atoms with Gasteiger partial charge in [0.25, 0.3) is 0 Å². The molecule has 1 amide bonds. The van der Waals surface area contributed by atoms with Crippen LogP contribution in [-0.2, 0) is 17.6 Å². The van der Waals surface area contributed by atoms with Crippen LogP contribution in [0.15, 0.2) is 34.9 Å². The van der Waals surface area contributed by atoms with E-state index < -0.39 is 0 Å². The monoisotopic (exact) mass is 355 g/mol. The Labute approximate surface area is 155 Å². The molecule has 0 bridgehead atoms. The van der Waals surface area contributed by atoms with Gasteiger partial charge < -0.3 is 9.42 Å². The molecule has 2 heterocycles. The number of aryl methyl sites for hydroxylation is 1. The van der Waals surface area contributed by atoms with Crippen molar-refractivity contribution in [2.24, 2.45) is 5.92 Å². The van der Waals surface area contributed by atoms with Gasteiger partial charge in [-0.15, -0.1) is 0 Å². The molecule has 0 N–H and O–H groups in total. The number of aromatic nitrogens is 2. The van der Waals surface area contributed by atoms with E-state index in [0.29, 0.717) is 24.2 Å². The van der Waals surface area contributed by atoms with Crippen LogP contribution in [-0.4, -0.2) is 34.0 Å². The molecule has 5 heteroatoms. The molecule has 1 aliphatic rings. The predicted octanol–water partition coefficient (Wildman–Crippen LogP) is 4.00. The molecule has 0 saturated carbocycles. The molecule has 0 atom stereocenters. The first-order chi connectivity index (χ1) is 12.6. The Morgan fingerprint density at radius 2 is 1.96 bits per heavy atom. The summed E-state index contributed by atoms with van der Waals surface area (Å²) in [5, 5.41) is 4.03. The fourth-order valence-electron chi connectivity index (χ4n) is 3.47. The van der Waals surface area contributed by atoms with Crippen molar-refractivity contribution in [1.82, 2.24) is 15.0 Å². The van der Waals surface area contributed by atoms with Crippen molar-refractivity contribution in [2.75, 3.05) is 13.1 Å². The minimum atomic E-state index is 0.291. The third-order valence-electron chi connectivity index (χ3n) is 5.13. The number of amides is 1. The van der Waals surface area contributed by atoms with Crippen molar-refractivity contribution in [2.45, 2.75) is 58.3 Å². The molecule has 0 aliphatic carbocycles. The second kappa shape index (κ2) is 8.97. The molecule has 1 aromatic carbocycles. The molecule has 0 spiro atoms. The van der Waals surface area contributed by atoms with Crippen molar-refractivity contribution in [3.8, 4) is 0 Å². The summed E-state index contributed by atoms with van der Waals surface area (Å²) in [6, 6.07) is 10.4. The van der Waals surface area contributed by atoms with Crippen molar-refractivity contribution in [1.29, 1.82) is 0 Å². The van der Waals surface area contributed by atoms with Gasteiger partial charge in [-0.3, -0.25) is 4.79 Å². The molecule has 1 aliphatic heterocycles. The molecule has 3 rings (SSSR count). The van der Waals surface area contributed by atoms with Crippen LogP contribution in [0.25, 0.3) is 0 Å². The topological polar surface area (TPSA) is 59.2 Å². The number of hydrogen-bond donors (Lipinski definition) is 0. The van der Waals surface area contributed by atoms with Crippen molar-refractivity contribution >= 4 is 5.91 Å². The molecular weight excluding hydrogens is 326 g/mol. The fourth-order valence-corrected chi connectivity index (χ4v) is 3.47. The lowest BCUT2D eigenvalue weighted by Crippen LogP contribution is -2.38. The quantitative estimate of drug-likeness (QED) is 0.753. The Kier molecular flexibility index (Phi) is 6.42. The van der Waals surface area contributed by atoms with Gasteiger partial charge in [0.15, 0.2) is 5.82 Å². The van der Waals surface area contributed by atoms with Crippen LogP contribution in [0.4, 0.5) is 0 Å². The Balaban J connectivity index is 1.38. The highest BCUT2D eigenvalue weighted by Crippen LogP contribution is 2.22. The summed E-state index contributed by atoms with van der Waals surface area (Å²) in [6.07, 6.45) is 5.39. The maximum atomic E-state index is 12.4. The first-order valence-corrected chi connectivity index (χ1v) is 9.76. The van der Waals surface area contributed by atoms with Crippen LogP contribution in [0.5, 0.6) is 0 Å². The Morgan fingerprint density at radius 1 is 1.23 bits per heavy atom. The molecule has 0 radical (unpaired) electrons. The molecule has 1 fully saturated rings. The standard InChI is InChI=1S/C21H29N3O2/c1-16(2)21-22-19(26-23-21)15-18-11-13-24(14-12-18)20(25)10-6-9-17-7-4-3-5-8-17/h3-5,7-8,16,18H,6,9-15H2,1-2H3. The number of carbonyl (C=O) groups is 1. The van der Waals surface area contributed by atoms with E-state index in [0.717, 1.165) is 56.9 Å². The molecule has 1 aromatic heterocycles. The normalized spacial score (nSPS) is 15.6. The van der Waals surface area contributed by atoms with E-state index in [-0.39, 0.29) is 0 Å². The second-order valence-electron chi connectivity index (χ2n) is 7.57. The third-order valence-corrected chi connectivity index (χ3v) is 5.13. The summed E-state index contributed by atoms with van der Waals surface area (Å²) in [5.74, 6) is 2.64. The van der Waals surface area contributed by atoms with Crippen LogP contribution in [0.3, 0.4) is 0 Å². The summed E-state index contributed by atoms with van der Waals surface area (Å²) in [5.41, 5.74) is 1.30. The lowest BCUT2D eigenvalue weighted by atomic mass is 9.93. The highest BCUT2D eigenvalue weighted by Gasteiger charge is 2.24. The van der Waals surface area contributed by atoms with E-state index in [1.165, 1.54) is 5.56 Å². The van der Waals surface area contributed by atoms with Crippen LogP contribution in [0.2, 0.25) is 0 Å². The van der Waals surface area contributed by atoms with Gasteiger partial charge in [-0.05, 0) is 37.2 Å². The first-order valence-electron chi connectivity index (χ1n) is 9.76. The summed E-state index contributed by atoms with van der Waals surface area (Å²) >= 11 is 0. The minimum absolute atomic E-state index is 0.291. The maximum Gasteiger partial charge on any atom is 0.226 e. The van der Waals surface area contributed by atoms with Gasteiger partial charge >= 0.3 is 0 Å². The summed E-state index contributed by atoms with van der Waals surface area (Å²) < 4.78 is 5.36. The third kappa shape index (κ3) is 5.16. The number of carbonyl (C=O) groups excluding carboxylic acids is 1. The zero-order valence-corrected chi connectivity index (χ0v) is 15.9. The van der Waals surface area contributed by atoms with Crippen LogP contribution in [0.1, 0.15) is 62.7 Å². The molecule has 5 nitrogen and oxygen atoms in total. The highest BCUT2D eigenvalue weighted by atomic mass is 16.5. The average Bonchev–Trinajstić information content (AvgIpc) is 3.12. The predicted molar refractivity (Wildman–Crippen MR) is 101 cm³/mol. The van der Waals surface area contributed by atoms with Crippen LogP contribution < -0.4 is 0 Å². The van der Waals surface area contributed by atoms with E-state index in [1.54, 1.807) is 0 Å². The SMILES string of the molecule is CC(C)c1noc(CC2CCN(C(=O)CCCc3ccccc3)CC2)n1. The molecule has 1 saturated heterocycles. The first kappa shape index (κ1) is 18.6. The van der Waals surface area contributed by atoms with E-state index in [2.05, 4.69) is 48.3 Å². The van der Waals surface area contributed by atoms with Gasteiger partial charge in [-0.25, -0.2) is 0 Å². The number of rotatable bonds is 7. The molecule has 0 unspecified atom stereocenters. The van der Waals surface area contributed by atoms with E-state index in [4.69, 9.17) is 4.52 Å². The Bertz CT molecular complexity index is 688.